The minimum atomic E-state index is -0.776. The molecule has 0 aliphatic rings. The fraction of sp³-hybridized carbons (Fsp3) is 0.778. The minimum Gasteiger partial charge on any atom is -0.481 e. The molecular weight excluding hydrogens is 170 g/mol. The van der Waals surface area contributed by atoms with Crippen LogP contribution in [0.4, 0.5) is 0 Å². The van der Waals surface area contributed by atoms with Crippen LogP contribution < -0.4 is 5.32 Å². The molecule has 1 atom stereocenters. The van der Waals surface area contributed by atoms with Gasteiger partial charge in [0.25, 0.3) is 0 Å². The molecule has 13 heavy (non-hydrogen) atoms. The Morgan fingerprint density at radius 1 is 1.46 bits per heavy atom. The first-order valence-corrected chi connectivity index (χ1v) is 4.57. The number of nitrogens with one attached hydrogen (secondary N) is 1. The highest BCUT2D eigenvalue weighted by Gasteiger charge is 2.09. The number of carboxylic acid groups (broad SMARTS) is 1. The van der Waals surface area contributed by atoms with Crippen molar-refractivity contribution in [1.82, 2.24) is 5.32 Å². The third-order valence-corrected chi connectivity index (χ3v) is 1.88. The number of aliphatic carboxylic acids is 1. The van der Waals surface area contributed by atoms with Gasteiger partial charge in [0.2, 0.25) is 5.91 Å². The van der Waals surface area contributed by atoms with Crippen molar-refractivity contribution < 1.29 is 14.7 Å². The monoisotopic (exact) mass is 187 g/mol. The van der Waals surface area contributed by atoms with E-state index in [0.29, 0.717) is 19.4 Å². The van der Waals surface area contributed by atoms with Gasteiger partial charge in [-0.05, 0) is 12.8 Å². The number of amides is 1. The van der Waals surface area contributed by atoms with E-state index in [2.05, 4.69) is 5.32 Å². The first-order valence-electron chi connectivity index (χ1n) is 4.57. The van der Waals surface area contributed by atoms with Gasteiger partial charge in [-0.3, -0.25) is 9.59 Å². The summed E-state index contributed by atoms with van der Waals surface area (Å²) in [5.74, 6) is -1.08. The Balaban J connectivity index is 3.35. The molecule has 0 aliphatic heterocycles. The van der Waals surface area contributed by atoms with Crippen molar-refractivity contribution in [3.8, 4) is 0 Å². The van der Waals surface area contributed by atoms with Crippen molar-refractivity contribution in [2.75, 3.05) is 6.54 Å². The first kappa shape index (κ1) is 11.9. The van der Waals surface area contributed by atoms with Crippen molar-refractivity contribution in [2.45, 2.75) is 33.1 Å². The van der Waals surface area contributed by atoms with Crippen molar-refractivity contribution in [1.29, 1.82) is 0 Å². The molecule has 0 aliphatic carbocycles. The van der Waals surface area contributed by atoms with Gasteiger partial charge in [0.15, 0.2) is 0 Å². The summed E-state index contributed by atoms with van der Waals surface area (Å²) in [4.78, 5) is 21.2. The van der Waals surface area contributed by atoms with Crippen LogP contribution in [-0.4, -0.2) is 23.5 Å². The highest BCUT2D eigenvalue weighted by atomic mass is 16.4. The number of hydrogen-bond acceptors (Lipinski definition) is 2. The molecule has 1 amide bonds. The summed E-state index contributed by atoms with van der Waals surface area (Å²) in [6.07, 6.45) is 1.81. The van der Waals surface area contributed by atoms with Crippen LogP contribution in [0.5, 0.6) is 0 Å². The Bertz CT molecular complexity index is 180. The van der Waals surface area contributed by atoms with E-state index in [1.807, 2.05) is 0 Å². The Morgan fingerprint density at radius 3 is 2.54 bits per heavy atom. The van der Waals surface area contributed by atoms with Gasteiger partial charge in [-0.25, -0.2) is 0 Å². The Kier molecular flexibility index (Phi) is 5.93. The lowest BCUT2D eigenvalue weighted by molar-refractivity contribution is -0.141. The van der Waals surface area contributed by atoms with Gasteiger partial charge in [-0.2, -0.15) is 0 Å². The molecule has 0 saturated carbocycles. The summed E-state index contributed by atoms with van der Waals surface area (Å²) >= 11 is 0. The largest absolute Gasteiger partial charge is 0.481 e. The van der Waals surface area contributed by atoms with Crippen LogP contribution in [0.1, 0.15) is 33.1 Å². The van der Waals surface area contributed by atoms with E-state index in [1.165, 1.54) is 0 Å². The van der Waals surface area contributed by atoms with Crippen molar-refractivity contribution in [2.24, 2.45) is 5.92 Å². The molecule has 0 radical (unpaired) electrons. The minimum absolute atomic E-state index is 0.0166. The summed E-state index contributed by atoms with van der Waals surface area (Å²) in [5.41, 5.74) is 0. The van der Waals surface area contributed by atoms with E-state index in [9.17, 15) is 9.59 Å². The van der Waals surface area contributed by atoms with Crippen molar-refractivity contribution >= 4 is 11.9 Å². The second-order valence-electron chi connectivity index (χ2n) is 3.09. The SMILES string of the molecule is CCC(=O)NCCCC(C)C(=O)O. The van der Waals surface area contributed by atoms with Gasteiger partial charge in [-0.15, -0.1) is 0 Å². The summed E-state index contributed by atoms with van der Waals surface area (Å²) in [7, 11) is 0. The van der Waals surface area contributed by atoms with Crippen LogP contribution in [0, 0.1) is 5.92 Å². The standard InChI is InChI=1S/C9H17NO3/c1-3-8(11)10-6-4-5-7(2)9(12)13/h7H,3-6H2,1-2H3,(H,10,11)(H,12,13). The molecular formula is C9H17NO3. The number of carbonyl (C=O) groups excluding carboxylic acids is 1. The van der Waals surface area contributed by atoms with E-state index in [4.69, 9.17) is 5.11 Å². The van der Waals surface area contributed by atoms with Crippen molar-refractivity contribution in [3.63, 3.8) is 0 Å². The molecule has 0 aromatic heterocycles. The van der Waals surface area contributed by atoms with Crippen LogP contribution in [0.25, 0.3) is 0 Å². The fourth-order valence-electron chi connectivity index (χ4n) is 0.885. The Labute approximate surface area is 78.3 Å². The van der Waals surface area contributed by atoms with Gasteiger partial charge < -0.3 is 10.4 Å². The maximum Gasteiger partial charge on any atom is 0.306 e. The molecule has 76 valence electrons. The van der Waals surface area contributed by atoms with Gasteiger partial charge in [-0.1, -0.05) is 13.8 Å². The molecule has 0 rings (SSSR count). The van der Waals surface area contributed by atoms with E-state index >= 15 is 0 Å². The van der Waals surface area contributed by atoms with E-state index in [-0.39, 0.29) is 11.8 Å². The topological polar surface area (TPSA) is 66.4 Å². The molecule has 1 unspecified atom stereocenters. The highest BCUT2D eigenvalue weighted by molar-refractivity contribution is 5.75. The van der Waals surface area contributed by atoms with Crippen LogP contribution in [-0.2, 0) is 9.59 Å². The maximum atomic E-state index is 10.8. The lowest BCUT2D eigenvalue weighted by Gasteiger charge is -2.06. The summed E-state index contributed by atoms with van der Waals surface area (Å²) in [6, 6.07) is 0. The Hall–Kier alpha value is -1.06. The van der Waals surface area contributed by atoms with Gasteiger partial charge >= 0.3 is 5.97 Å². The average molecular weight is 187 g/mol. The normalized spacial score (nSPS) is 12.2. The van der Waals surface area contributed by atoms with Crippen LogP contribution >= 0.6 is 0 Å². The highest BCUT2D eigenvalue weighted by Crippen LogP contribution is 2.03. The zero-order valence-corrected chi connectivity index (χ0v) is 8.17. The molecule has 0 aromatic carbocycles. The van der Waals surface area contributed by atoms with Crippen molar-refractivity contribution in [3.05, 3.63) is 0 Å². The zero-order chi connectivity index (χ0) is 10.3. The van der Waals surface area contributed by atoms with Crippen LogP contribution in [0.2, 0.25) is 0 Å². The predicted molar refractivity (Wildman–Crippen MR) is 49.3 cm³/mol. The van der Waals surface area contributed by atoms with Gasteiger partial charge in [0.05, 0.1) is 5.92 Å². The molecule has 4 nitrogen and oxygen atoms in total. The quantitative estimate of drug-likeness (QED) is 0.610. The van der Waals surface area contributed by atoms with Crippen LogP contribution in [0.3, 0.4) is 0 Å². The Morgan fingerprint density at radius 2 is 2.08 bits per heavy atom. The molecule has 0 saturated heterocycles. The second-order valence-corrected chi connectivity index (χ2v) is 3.09. The number of carboxylic acids is 1. The van der Waals surface area contributed by atoms with Gasteiger partial charge in [0.1, 0.15) is 0 Å². The lowest BCUT2D eigenvalue weighted by Crippen LogP contribution is -2.24. The molecule has 2 N–H and O–H groups in total. The fourth-order valence-corrected chi connectivity index (χ4v) is 0.885. The van der Waals surface area contributed by atoms with Gasteiger partial charge in [0, 0.05) is 13.0 Å². The second kappa shape index (κ2) is 6.46. The lowest BCUT2D eigenvalue weighted by atomic mass is 10.1. The summed E-state index contributed by atoms with van der Waals surface area (Å²) in [6.45, 7) is 4.03. The van der Waals surface area contributed by atoms with Crippen LogP contribution in [0.15, 0.2) is 0 Å². The third kappa shape index (κ3) is 6.13. The molecule has 0 aromatic rings. The molecule has 0 bridgehead atoms. The predicted octanol–water partition coefficient (Wildman–Crippen LogP) is 1.01. The molecule has 0 spiro atoms. The number of carbonyl (C=O) groups is 2. The number of rotatable bonds is 6. The van der Waals surface area contributed by atoms with E-state index in [1.54, 1.807) is 13.8 Å². The first-order chi connectivity index (χ1) is 6.07. The smallest absolute Gasteiger partial charge is 0.306 e. The van der Waals surface area contributed by atoms with E-state index in [0.717, 1.165) is 6.42 Å². The zero-order valence-electron chi connectivity index (χ0n) is 8.17. The molecule has 0 heterocycles. The van der Waals surface area contributed by atoms with E-state index < -0.39 is 5.97 Å². The molecule has 4 heteroatoms. The third-order valence-electron chi connectivity index (χ3n) is 1.88. The maximum absolute atomic E-state index is 10.8. The molecule has 0 fully saturated rings. The summed E-state index contributed by atoms with van der Waals surface area (Å²) < 4.78 is 0. The number of hydrogen-bond donors (Lipinski definition) is 2. The average Bonchev–Trinajstić information content (AvgIpc) is 2.11. The summed E-state index contributed by atoms with van der Waals surface area (Å²) in [5, 5.41) is 11.2.